The van der Waals surface area contributed by atoms with Gasteiger partial charge in [-0.2, -0.15) is 0 Å². The molecule has 2 aliphatic rings. The summed E-state index contributed by atoms with van der Waals surface area (Å²) in [6.07, 6.45) is 4.73. The molecule has 1 aromatic rings. The Morgan fingerprint density at radius 1 is 1.33 bits per heavy atom. The highest BCUT2D eigenvalue weighted by molar-refractivity contribution is 5.92. The lowest BCUT2D eigenvalue weighted by Crippen LogP contribution is -2.34. The van der Waals surface area contributed by atoms with Crippen LogP contribution in [-0.2, 0) is 22.4 Å². The number of amides is 1. The lowest BCUT2D eigenvalue weighted by atomic mass is 10.1. The van der Waals surface area contributed by atoms with Crippen LogP contribution in [0.15, 0.2) is 23.2 Å². The van der Waals surface area contributed by atoms with E-state index in [2.05, 4.69) is 22.4 Å². The molecule has 0 saturated carbocycles. The van der Waals surface area contributed by atoms with Gasteiger partial charge in [0, 0.05) is 19.8 Å². The second-order valence-electron chi connectivity index (χ2n) is 6.74. The number of aryl methyl sites for hydroxylation is 2. The van der Waals surface area contributed by atoms with Gasteiger partial charge in [-0.25, -0.2) is 0 Å². The number of hydrogen-bond acceptors (Lipinski definition) is 3. The van der Waals surface area contributed by atoms with E-state index in [-0.39, 0.29) is 18.1 Å². The third kappa shape index (κ3) is 3.87. The standard InChI is InChI=1S/C18H26N4O2/c1-22(2)17(23)16-9-8-15(24-16)11-20-18(19)21-14-7-6-12-4-3-5-13(12)10-14/h6-7,10,15-16H,3-5,8-9,11H2,1-2H3,(H3,19,20,21). The first-order valence-corrected chi connectivity index (χ1v) is 8.58. The highest BCUT2D eigenvalue weighted by atomic mass is 16.5. The molecule has 3 N–H and O–H groups in total. The molecule has 2 atom stereocenters. The summed E-state index contributed by atoms with van der Waals surface area (Å²) in [5.74, 6) is 0.407. The third-order valence-corrected chi connectivity index (χ3v) is 4.66. The molecule has 6 nitrogen and oxygen atoms in total. The lowest BCUT2D eigenvalue weighted by molar-refractivity contribution is -0.140. The van der Waals surface area contributed by atoms with Gasteiger partial charge in [0.05, 0.1) is 12.6 Å². The van der Waals surface area contributed by atoms with Crippen LogP contribution in [0.4, 0.5) is 5.69 Å². The number of nitrogens with two attached hydrogens (primary N) is 1. The summed E-state index contributed by atoms with van der Waals surface area (Å²) in [5, 5.41) is 3.14. The maximum atomic E-state index is 11.9. The van der Waals surface area contributed by atoms with Crippen LogP contribution in [-0.4, -0.2) is 49.6 Å². The molecule has 1 amide bonds. The van der Waals surface area contributed by atoms with Gasteiger partial charge in [-0.05, 0) is 55.4 Å². The molecule has 24 heavy (non-hydrogen) atoms. The van der Waals surface area contributed by atoms with Crippen molar-refractivity contribution >= 4 is 17.6 Å². The summed E-state index contributed by atoms with van der Waals surface area (Å²) in [6.45, 7) is 0.473. The van der Waals surface area contributed by atoms with E-state index < -0.39 is 0 Å². The fraction of sp³-hybridized carbons (Fsp3) is 0.556. The molecule has 1 fully saturated rings. The highest BCUT2D eigenvalue weighted by Gasteiger charge is 2.31. The van der Waals surface area contributed by atoms with E-state index >= 15 is 0 Å². The molecule has 0 aromatic heterocycles. The minimum absolute atomic E-state index is 0.0192. The van der Waals surface area contributed by atoms with Crippen molar-refractivity contribution in [1.29, 1.82) is 0 Å². The smallest absolute Gasteiger partial charge is 0.251 e. The first-order valence-electron chi connectivity index (χ1n) is 8.58. The molecule has 1 heterocycles. The predicted molar refractivity (Wildman–Crippen MR) is 95.2 cm³/mol. The van der Waals surface area contributed by atoms with Crippen molar-refractivity contribution in [2.45, 2.75) is 44.3 Å². The van der Waals surface area contributed by atoms with Crippen molar-refractivity contribution in [3.8, 4) is 0 Å². The second-order valence-corrected chi connectivity index (χ2v) is 6.74. The number of hydrogen-bond donors (Lipinski definition) is 2. The van der Waals surface area contributed by atoms with Crippen LogP contribution >= 0.6 is 0 Å². The van der Waals surface area contributed by atoms with Crippen molar-refractivity contribution < 1.29 is 9.53 Å². The zero-order valence-corrected chi connectivity index (χ0v) is 14.4. The van der Waals surface area contributed by atoms with Gasteiger partial charge in [0.15, 0.2) is 5.96 Å². The molecule has 1 aromatic carbocycles. The van der Waals surface area contributed by atoms with Gasteiger partial charge in [-0.3, -0.25) is 9.79 Å². The Bertz CT molecular complexity index is 642. The maximum absolute atomic E-state index is 11.9. The van der Waals surface area contributed by atoms with Crippen LogP contribution in [0.3, 0.4) is 0 Å². The number of nitrogens with zero attached hydrogens (tertiary/aromatic N) is 2. The zero-order chi connectivity index (χ0) is 17.1. The maximum Gasteiger partial charge on any atom is 0.251 e. The van der Waals surface area contributed by atoms with Gasteiger partial charge in [0.1, 0.15) is 6.10 Å². The first-order chi connectivity index (χ1) is 11.5. The number of likely N-dealkylation sites (N-methyl/N-ethyl adjacent to an activating group) is 1. The molecule has 2 unspecified atom stereocenters. The SMILES string of the molecule is CN(C)C(=O)C1CCC(CN=C(N)Nc2ccc3c(c2)CCC3)O1. The molecule has 3 rings (SSSR count). The third-order valence-electron chi connectivity index (χ3n) is 4.66. The number of benzene rings is 1. The van der Waals surface area contributed by atoms with Gasteiger partial charge in [0.2, 0.25) is 0 Å². The van der Waals surface area contributed by atoms with Gasteiger partial charge in [-0.15, -0.1) is 0 Å². The minimum atomic E-state index is -0.342. The predicted octanol–water partition coefficient (Wildman–Crippen LogP) is 1.54. The van der Waals surface area contributed by atoms with Gasteiger partial charge >= 0.3 is 0 Å². The van der Waals surface area contributed by atoms with Crippen molar-refractivity contribution in [2.75, 3.05) is 26.0 Å². The number of carbonyl (C=O) groups excluding carboxylic acids is 1. The number of fused-ring (bicyclic) bond motifs is 1. The summed E-state index contributed by atoms with van der Waals surface area (Å²) >= 11 is 0. The molecule has 1 aliphatic carbocycles. The van der Waals surface area contributed by atoms with Crippen molar-refractivity contribution in [1.82, 2.24) is 4.90 Å². The summed E-state index contributed by atoms with van der Waals surface area (Å²) in [4.78, 5) is 17.8. The number of ether oxygens (including phenoxy) is 1. The van der Waals surface area contributed by atoms with E-state index in [1.807, 2.05) is 6.07 Å². The molecule has 1 saturated heterocycles. The molecule has 6 heteroatoms. The lowest BCUT2D eigenvalue weighted by Gasteiger charge is -2.16. The molecule has 1 aliphatic heterocycles. The van der Waals surface area contributed by atoms with E-state index in [4.69, 9.17) is 10.5 Å². The summed E-state index contributed by atoms with van der Waals surface area (Å²) in [6, 6.07) is 6.36. The minimum Gasteiger partial charge on any atom is -0.370 e. The van der Waals surface area contributed by atoms with Crippen LogP contribution < -0.4 is 11.1 Å². The molecule has 0 bridgehead atoms. The first kappa shape index (κ1) is 16.8. The van der Waals surface area contributed by atoms with Gasteiger partial charge in [-0.1, -0.05) is 6.07 Å². The Kier molecular flexibility index (Phi) is 5.04. The van der Waals surface area contributed by atoms with Crippen molar-refractivity contribution in [2.24, 2.45) is 10.7 Å². The normalized spacial score (nSPS) is 23.2. The summed E-state index contributed by atoms with van der Waals surface area (Å²) in [7, 11) is 3.49. The molecular formula is C18H26N4O2. The molecule has 0 spiro atoms. The van der Waals surface area contributed by atoms with Crippen LogP contribution in [0.25, 0.3) is 0 Å². The number of anilines is 1. The Morgan fingerprint density at radius 2 is 2.12 bits per heavy atom. The average Bonchev–Trinajstić information content (AvgIpc) is 3.20. The number of rotatable bonds is 4. The number of carbonyl (C=O) groups is 1. The Balaban J connectivity index is 1.51. The van der Waals surface area contributed by atoms with Crippen molar-refractivity contribution in [3.63, 3.8) is 0 Å². The summed E-state index contributed by atoms with van der Waals surface area (Å²) < 4.78 is 5.76. The van der Waals surface area contributed by atoms with E-state index in [9.17, 15) is 4.79 Å². The number of nitrogens with one attached hydrogen (secondary N) is 1. The average molecular weight is 330 g/mol. The van der Waals surface area contributed by atoms with E-state index in [0.717, 1.165) is 24.9 Å². The molecule has 130 valence electrons. The quantitative estimate of drug-likeness (QED) is 0.648. The van der Waals surface area contributed by atoms with Gasteiger partial charge in [0.25, 0.3) is 5.91 Å². The number of aliphatic imine (C=N–C) groups is 1. The van der Waals surface area contributed by atoms with Gasteiger partial charge < -0.3 is 20.7 Å². The van der Waals surface area contributed by atoms with Crippen LogP contribution in [0.5, 0.6) is 0 Å². The fourth-order valence-electron chi connectivity index (χ4n) is 3.35. The van der Waals surface area contributed by atoms with Crippen LogP contribution in [0.2, 0.25) is 0 Å². The molecular weight excluding hydrogens is 304 g/mol. The Labute approximate surface area is 143 Å². The zero-order valence-electron chi connectivity index (χ0n) is 14.4. The largest absolute Gasteiger partial charge is 0.370 e. The Morgan fingerprint density at radius 3 is 2.92 bits per heavy atom. The summed E-state index contributed by atoms with van der Waals surface area (Å²) in [5.41, 5.74) is 9.79. The fourth-order valence-corrected chi connectivity index (χ4v) is 3.35. The van der Waals surface area contributed by atoms with Crippen molar-refractivity contribution in [3.05, 3.63) is 29.3 Å². The monoisotopic (exact) mass is 330 g/mol. The number of guanidine groups is 1. The topological polar surface area (TPSA) is 80.0 Å². The van der Waals surface area contributed by atoms with E-state index in [0.29, 0.717) is 12.5 Å². The van der Waals surface area contributed by atoms with Crippen LogP contribution in [0.1, 0.15) is 30.4 Å². The van der Waals surface area contributed by atoms with Crippen LogP contribution in [0, 0.1) is 0 Å². The Hall–Kier alpha value is -2.08. The highest BCUT2D eigenvalue weighted by Crippen LogP contribution is 2.25. The van der Waals surface area contributed by atoms with E-state index in [1.165, 1.54) is 24.0 Å². The second kappa shape index (κ2) is 7.21. The molecule has 0 radical (unpaired) electrons. The van der Waals surface area contributed by atoms with E-state index in [1.54, 1.807) is 19.0 Å².